The third kappa shape index (κ3) is 6.35. The van der Waals surface area contributed by atoms with Crippen LogP contribution in [-0.2, 0) is 11.3 Å². The van der Waals surface area contributed by atoms with Crippen molar-refractivity contribution in [3.05, 3.63) is 96.5 Å². The monoisotopic (exact) mass is 623 g/mol. The Kier molecular flexibility index (Phi) is 8.59. The van der Waals surface area contributed by atoms with E-state index in [1.807, 2.05) is 0 Å². The molecule has 0 aromatic heterocycles. The molecule has 0 atom stereocenters. The summed E-state index contributed by atoms with van der Waals surface area (Å²) >= 11 is 16.2. The highest BCUT2D eigenvalue weighted by atomic mass is 79.9. The Balaban J connectivity index is 1.59. The van der Waals surface area contributed by atoms with Crippen LogP contribution in [0.25, 0.3) is 6.08 Å². The van der Waals surface area contributed by atoms with Gasteiger partial charge in [0.25, 0.3) is 11.1 Å². The molecule has 190 valence electrons. The molecular formula is C26H17BrCl2FNO5S. The Morgan fingerprint density at radius 2 is 1.92 bits per heavy atom. The van der Waals surface area contributed by atoms with Gasteiger partial charge in [-0.2, -0.15) is 0 Å². The molecule has 3 aromatic rings. The number of thioether (sulfide) groups is 1. The van der Waals surface area contributed by atoms with Gasteiger partial charge >= 0.3 is 5.97 Å². The van der Waals surface area contributed by atoms with Crippen molar-refractivity contribution in [3.8, 4) is 11.5 Å². The van der Waals surface area contributed by atoms with Crippen molar-refractivity contribution in [1.82, 2.24) is 4.90 Å². The van der Waals surface area contributed by atoms with Gasteiger partial charge in [-0.05, 0) is 94.3 Å². The van der Waals surface area contributed by atoms with Crippen LogP contribution >= 0.6 is 50.9 Å². The van der Waals surface area contributed by atoms with Crippen LogP contribution in [0.3, 0.4) is 0 Å². The van der Waals surface area contributed by atoms with Gasteiger partial charge < -0.3 is 9.47 Å². The molecule has 1 saturated heterocycles. The second-order valence-electron chi connectivity index (χ2n) is 7.67. The molecule has 0 bridgehead atoms. The molecule has 0 saturated carbocycles. The minimum Gasteiger partial charge on any atom is -0.490 e. The van der Waals surface area contributed by atoms with Gasteiger partial charge in [0.15, 0.2) is 11.5 Å². The number of hydrogen-bond acceptors (Lipinski definition) is 6. The number of esters is 1. The van der Waals surface area contributed by atoms with Crippen molar-refractivity contribution >= 4 is 74.1 Å². The summed E-state index contributed by atoms with van der Waals surface area (Å²) in [6.45, 7) is 1.97. The van der Waals surface area contributed by atoms with Crippen LogP contribution in [0, 0.1) is 5.82 Å². The number of carbonyl (C=O) groups excluding carboxylic acids is 3. The lowest BCUT2D eigenvalue weighted by molar-refractivity contribution is -0.123. The standard InChI is InChI=1S/C26H17BrCl2FNO5S/c1-2-35-21-9-14(8-19(27)23(21)36-25(33)15-4-3-5-17(28)11-15)10-22-24(32)31(26(34)37-22)13-16-6-7-18(30)12-20(16)29/h3-12H,2,13H2,1H3/b22-10-. The lowest BCUT2D eigenvalue weighted by atomic mass is 10.1. The summed E-state index contributed by atoms with van der Waals surface area (Å²) in [4.78, 5) is 39.4. The molecule has 3 aromatic carbocycles. The average Bonchev–Trinajstić information content (AvgIpc) is 3.10. The zero-order valence-corrected chi connectivity index (χ0v) is 23.0. The van der Waals surface area contributed by atoms with Gasteiger partial charge in [0.1, 0.15) is 5.82 Å². The summed E-state index contributed by atoms with van der Waals surface area (Å²) in [5.74, 6) is -1.24. The summed E-state index contributed by atoms with van der Waals surface area (Å²) in [5.41, 5.74) is 1.24. The highest BCUT2D eigenvalue weighted by Gasteiger charge is 2.35. The number of ether oxygens (including phenoxy) is 2. The fourth-order valence-electron chi connectivity index (χ4n) is 3.41. The minimum atomic E-state index is -0.627. The molecule has 0 aliphatic carbocycles. The van der Waals surface area contributed by atoms with Gasteiger partial charge in [-0.25, -0.2) is 9.18 Å². The molecular weight excluding hydrogens is 608 g/mol. The average molecular weight is 625 g/mol. The lowest BCUT2D eigenvalue weighted by Gasteiger charge is -2.14. The fourth-order valence-corrected chi connectivity index (χ4v) is 5.20. The van der Waals surface area contributed by atoms with Crippen molar-refractivity contribution in [2.24, 2.45) is 0 Å². The van der Waals surface area contributed by atoms with E-state index in [9.17, 15) is 18.8 Å². The summed E-state index contributed by atoms with van der Waals surface area (Å²) in [7, 11) is 0. The second-order valence-corrected chi connectivity index (χ2v) is 10.4. The van der Waals surface area contributed by atoms with Crippen molar-refractivity contribution in [1.29, 1.82) is 0 Å². The highest BCUT2D eigenvalue weighted by Crippen LogP contribution is 2.40. The normalized spacial score (nSPS) is 14.4. The maximum Gasteiger partial charge on any atom is 0.343 e. The number of hydrogen-bond donors (Lipinski definition) is 0. The predicted octanol–water partition coefficient (Wildman–Crippen LogP) is 7.75. The SMILES string of the molecule is CCOc1cc(/C=C2\SC(=O)N(Cc3ccc(F)cc3Cl)C2=O)cc(Br)c1OC(=O)c1cccc(Cl)c1. The van der Waals surface area contributed by atoms with E-state index in [4.69, 9.17) is 32.7 Å². The molecule has 37 heavy (non-hydrogen) atoms. The molecule has 4 rings (SSSR count). The third-order valence-corrected chi connectivity index (χ3v) is 7.19. The molecule has 2 amide bonds. The smallest absolute Gasteiger partial charge is 0.343 e. The van der Waals surface area contributed by atoms with Gasteiger partial charge in [0, 0.05) is 10.0 Å². The van der Waals surface area contributed by atoms with E-state index >= 15 is 0 Å². The van der Waals surface area contributed by atoms with Crippen LogP contribution in [0.15, 0.2) is 64.0 Å². The predicted molar refractivity (Wildman–Crippen MR) is 145 cm³/mol. The quantitative estimate of drug-likeness (QED) is 0.152. The molecule has 0 radical (unpaired) electrons. The van der Waals surface area contributed by atoms with E-state index in [0.717, 1.165) is 22.7 Å². The number of carbonyl (C=O) groups is 3. The lowest BCUT2D eigenvalue weighted by Crippen LogP contribution is -2.27. The Morgan fingerprint density at radius 1 is 1.14 bits per heavy atom. The van der Waals surface area contributed by atoms with Gasteiger partial charge in [0.05, 0.1) is 28.1 Å². The third-order valence-electron chi connectivity index (χ3n) is 5.10. The van der Waals surface area contributed by atoms with E-state index < -0.39 is 22.9 Å². The zero-order valence-electron chi connectivity index (χ0n) is 19.1. The van der Waals surface area contributed by atoms with E-state index in [1.54, 1.807) is 37.3 Å². The van der Waals surface area contributed by atoms with Crippen LogP contribution in [0.5, 0.6) is 11.5 Å². The van der Waals surface area contributed by atoms with E-state index in [1.165, 1.54) is 24.3 Å². The van der Waals surface area contributed by atoms with E-state index in [0.29, 0.717) is 20.6 Å². The first-order valence-corrected chi connectivity index (χ1v) is 13.2. The van der Waals surface area contributed by atoms with Gasteiger partial charge in [0.2, 0.25) is 0 Å². The first-order chi connectivity index (χ1) is 17.7. The largest absolute Gasteiger partial charge is 0.490 e. The summed E-state index contributed by atoms with van der Waals surface area (Å²) in [6.07, 6.45) is 1.53. The highest BCUT2D eigenvalue weighted by molar-refractivity contribution is 9.10. The zero-order chi connectivity index (χ0) is 26.7. The number of rotatable bonds is 7. The first-order valence-electron chi connectivity index (χ1n) is 10.8. The molecule has 1 aliphatic heterocycles. The van der Waals surface area contributed by atoms with Crippen molar-refractivity contribution in [2.75, 3.05) is 6.61 Å². The molecule has 1 aliphatic rings. The van der Waals surface area contributed by atoms with Crippen molar-refractivity contribution < 1.29 is 28.2 Å². The van der Waals surface area contributed by atoms with E-state index in [2.05, 4.69) is 15.9 Å². The minimum absolute atomic E-state index is 0.0899. The molecule has 11 heteroatoms. The maximum atomic E-state index is 13.3. The molecule has 1 heterocycles. The van der Waals surface area contributed by atoms with Crippen LogP contribution in [0.4, 0.5) is 9.18 Å². The van der Waals surface area contributed by atoms with Crippen LogP contribution < -0.4 is 9.47 Å². The number of amides is 2. The molecule has 0 spiro atoms. The van der Waals surface area contributed by atoms with Crippen LogP contribution in [-0.4, -0.2) is 28.6 Å². The first kappa shape index (κ1) is 27.2. The maximum absolute atomic E-state index is 13.3. The number of nitrogens with zero attached hydrogens (tertiary/aromatic N) is 1. The Morgan fingerprint density at radius 3 is 2.62 bits per heavy atom. The summed E-state index contributed by atoms with van der Waals surface area (Å²) in [5, 5.41) is 0.0357. The molecule has 0 N–H and O–H groups in total. The number of benzene rings is 3. The van der Waals surface area contributed by atoms with Gasteiger partial charge in [-0.15, -0.1) is 0 Å². The number of imide groups is 1. The Labute approximate surface area is 234 Å². The van der Waals surface area contributed by atoms with Crippen molar-refractivity contribution in [2.45, 2.75) is 13.5 Å². The van der Waals surface area contributed by atoms with Crippen LogP contribution in [0.2, 0.25) is 10.0 Å². The Hall–Kier alpha value is -2.85. The van der Waals surface area contributed by atoms with Crippen LogP contribution in [0.1, 0.15) is 28.4 Å². The fraction of sp³-hybridized carbons (Fsp3) is 0.115. The second kappa shape index (κ2) is 11.7. The van der Waals surface area contributed by atoms with E-state index in [-0.39, 0.29) is 40.1 Å². The topological polar surface area (TPSA) is 72.9 Å². The molecule has 0 unspecified atom stereocenters. The Bertz CT molecular complexity index is 1450. The summed E-state index contributed by atoms with van der Waals surface area (Å²) in [6, 6.07) is 13.3. The molecule has 6 nitrogen and oxygen atoms in total. The van der Waals surface area contributed by atoms with Crippen molar-refractivity contribution in [3.63, 3.8) is 0 Å². The van der Waals surface area contributed by atoms with Gasteiger partial charge in [-0.3, -0.25) is 14.5 Å². The molecule has 1 fully saturated rings. The summed E-state index contributed by atoms with van der Waals surface area (Å²) < 4.78 is 25.0. The van der Waals surface area contributed by atoms with Gasteiger partial charge in [-0.1, -0.05) is 35.3 Å². The number of halogens is 4.